The standard InChI is InChI=1S/C17H28N4/c1-21(2)16-11-7-8-14(12-16)13-19-17(18)20-15-9-5-3-4-6-10-15/h7-8,11-12,15H,3-6,9-10,13H2,1-2H3,(H3,18,19,20). The van der Waals surface area contributed by atoms with E-state index in [-0.39, 0.29) is 0 Å². The molecule has 0 amide bonds. The largest absolute Gasteiger partial charge is 0.378 e. The Morgan fingerprint density at radius 2 is 1.95 bits per heavy atom. The molecule has 2 rings (SSSR count). The number of nitrogens with zero attached hydrogens (tertiary/aromatic N) is 2. The summed E-state index contributed by atoms with van der Waals surface area (Å²) in [5.41, 5.74) is 8.41. The lowest BCUT2D eigenvalue weighted by Gasteiger charge is -2.17. The van der Waals surface area contributed by atoms with Crippen molar-refractivity contribution in [3.05, 3.63) is 29.8 Å². The van der Waals surface area contributed by atoms with Crippen molar-refractivity contribution < 1.29 is 0 Å². The first-order chi connectivity index (χ1) is 10.1. The van der Waals surface area contributed by atoms with Crippen LogP contribution in [0.4, 0.5) is 5.69 Å². The summed E-state index contributed by atoms with van der Waals surface area (Å²) in [6, 6.07) is 8.91. The third kappa shape index (κ3) is 5.29. The Balaban J connectivity index is 1.88. The smallest absolute Gasteiger partial charge is 0.189 e. The Kier molecular flexibility index (Phi) is 5.90. The fraction of sp³-hybridized carbons (Fsp3) is 0.588. The van der Waals surface area contributed by atoms with Crippen LogP contribution in [-0.4, -0.2) is 26.1 Å². The third-order valence-electron chi connectivity index (χ3n) is 4.07. The first-order valence-electron chi connectivity index (χ1n) is 7.98. The minimum absolute atomic E-state index is 0.504. The number of guanidine groups is 1. The van der Waals surface area contributed by atoms with E-state index in [0.29, 0.717) is 18.5 Å². The Morgan fingerprint density at radius 3 is 2.62 bits per heavy atom. The van der Waals surface area contributed by atoms with Crippen LogP contribution in [0.15, 0.2) is 29.3 Å². The van der Waals surface area contributed by atoms with Gasteiger partial charge in [0.25, 0.3) is 0 Å². The van der Waals surface area contributed by atoms with Crippen LogP contribution in [0, 0.1) is 0 Å². The maximum atomic E-state index is 6.03. The molecule has 0 aliphatic heterocycles. The molecule has 0 aromatic heterocycles. The predicted octanol–water partition coefficient (Wildman–Crippen LogP) is 2.88. The van der Waals surface area contributed by atoms with Crippen molar-refractivity contribution in [3.63, 3.8) is 0 Å². The Morgan fingerprint density at radius 1 is 1.24 bits per heavy atom. The molecule has 4 heteroatoms. The molecule has 0 saturated heterocycles. The van der Waals surface area contributed by atoms with E-state index in [1.165, 1.54) is 49.8 Å². The lowest BCUT2D eigenvalue weighted by molar-refractivity contribution is 0.530. The number of hydrogen-bond donors (Lipinski definition) is 2. The van der Waals surface area contributed by atoms with Crippen LogP contribution in [0.1, 0.15) is 44.1 Å². The average Bonchev–Trinajstić information content (AvgIpc) is 2.74. The summed E-state index contributed by atoms with van der Waals surface area (Å²) >= 11 is 0. The second-order valence-electron chi connectivity index (χ2n) is 6.10. The van der Waals surface area contributed by atoms with E-state index in [0.717, 1.165) is 0 Å². The lowest BCUT2D eigenvalue weighted by Crippen LogP contribution is -2.39. The van der Waals surface area contributed by atoms with Crippen LogP contribution < -0.4 is 16.0 Å². The van der Waals surface area contributed by atoms with Gasteiger partial charge in [-0.1, -0.05) is 37.8 Å². The molecule has 116 valence electrons. The molecule has 1 saturated carbocycles. The summed E-state index contributed by atoms with van der Waals surface area (Å²) in [6.07, 6.45) is 7.74. The second kappa shape index (κ2) is 7.91. The van der Waals surface area contributed by atoms with Crippen molar-refractivity contribution in [2.45, 2.75) is 51.1 Å². The van der Waals surface area contributed by atoms with Crippen LogP contribution in [0.5, 0.6) is 0 Å². The highest BCUT2D eigenvalue weighted by molar-refractivity contribution is 5.78. The molecular formula is C17H28N4. The van der Waals surface area contributed by atoms with Crippen molar-refractivity contribution in [2.24, 2.45) is 10.7 Å². The highest BCUT2D eigenvalue weighted by Gasteiger charge is 2.12. The van der Waals surface area contributed by atoms with Gasteiger partial charge in [-0.2, -0.15) is 0 Å². The molecule has 0 heterocycles. The van der Waals surface area contributed by atoms with Crippen LogP contribution >= 0.6 is 0 Å². The molecule has 3 N–H and O–H groups in total. The number of anilines is 1. The van der Waals surface area contributed by atoms with Crippen LogP contribution in [0.3, 0.4) is 0 Å². The first kappa shape index (κ1) is 15.7. The van der Waals surface area contributed by atoms with Gasteiger partial charge in [0.1, 0.15) is 0 Å². The molecule has 21 heavy (non-hydrogen) atoms. The SMILES string of the molecule is CN(C)c1cccc(CN=C(N)NC2CCCCCC2)c1. The fourth-order valence-corrected chi connectivity index (χ4v) is 2.79. The Labute approximate surface area is 128 Å². The van der Waals surface area contributed by atoms with Gasteiger partial charge in [-0.05, 0) is 30.5 Å². The van der Waals surface area contributed by atoms with Gasteiger partial charge in [-0.25, -0.2) is 4.99 Å². The maximum Gasteiger partial charge on any atom is 0.189 e. The molecular weight excluding hydrogens is 260 g/mol. The monoisotopic (exact) mass is 288 g/mol. The number of aliphatic imine (C=N–C) groups is 1. The number of nitrogens with two attached hydrogens (primary N) is 1. The van der Waals surface area contributed by atoms with E-state index in [2.05, 4.69) is 39.5 Å². The first-order valence-corrected chi connectivity index (χ1v) is 7.98. The third-order valence-corrected chi connectivity index (χ3v) is 4.07. The summed E-state index contributed by atoms with van der Waals surface area (Å²) in [5.74, 6) is 0.581. The maximum absolute atomic E-state index is 6.03. The van der Waals surface area contributed by atoms with Crippen LogP contribution in [0.25, 0.3) is 0 Å². The quantitative estimate of drug-likeness (QED) is 0.509. The lowest BCUT2D eigenvalue weighted by atomic mass is 10.1. The summed E-state index contributed by atoms with van der Waals surface area (Å²) in [7, 11) is 4.09. The molecule has 1 aliphatic carbocycles. The molecule has 1 aromatic carbocycles. The van der Waals surface area contributed by atoms with E-state index in [9.17, 15) is 0 Å². The molecule has 0 bridgehead atoms. The van der Waals surface area contributed by atoms with E-state index in [1.54, 1.807) is 0 Å². The zero-order valence-electron chi connectivity index (χ0n) is 13.3. The van der Waals surface area contributed by atoms with E-state index in [4.69, 9.17) is 5.73 Å². The predicted molar refractivity (Wildman–Crippen MR) is 90.7 cm³/mol. The zero-order valence-corrected chi connectivity index (χ0v) is 13.3. The fourth-order valence-electron chi connectivity index (χ4n) is 2.79. The van der Waals surface area contributed by atoms with Gasteiger partial charge in [0.05, 0.1) is 6.54 Å². The zero-order chi connectivity index (χ0) is 15.1. The number of benzene rings is 1. The number of nitrogens with one attached hydrogen (secondary N) is 1. The summed E-state index contributed by atoms with van der Waals surface area (Å²) in [4.78, 5) is 6.58. The highest BCUT2D eigenvalue weighted by Crippen LogP contribution is 2.17. The molecule has 1 aromatic rings. The normalized spacial score (nSPS) is 17.3. The molecule has 0 radical (unpaired) electrons. The summed E-state index contributed by atoms with van der Waals surface area (Å²) in [5, 5.41) is 3.38. The van der Waals surface area contributed by atoms with E-state index < -0.39 is 0 Å². The Bertz CT molecular complexity index is 460. The van der Waals surface area contributed by atoms with Crippen LogP contribution in [0.2, 0.25) is 0 Å². The van der Waals surface area contributed by atoms with Gasteiger partial charge in [0.2, 0.25) is 0 Å². The topological polar surface area (TPSA) is 53.6 Å². The van der Waals surface area contributed by atoms with Crippen LogP contribution in [-0.2, 0) is 6.54 Å². The number of rotatable bonds is 4. The number of hydrogen-bond acceptors (Lipinski definition) is 2. The molecule has 0 spiro atoms. The second-order valence-corrected chi connectivity index (χ2v) is 6.10. The molecule has 1 aliphatic rings. The van der Waals surface area contributed by atoms with E-state index >= 15 is 0 Å². The summed E-state index contributed by atoms with van der Waals surface area (Å²) < 4.78 is 0. The van der Waals surface area contributed by atoms with Gasteiger partial charge < -0.3 is 16.0 Å². The minimum Gasteiger partial charge on any atom is -0.378 e. The average molecular weight is 288 g/mol. The summed E-state index contributed by atoms with van der Waals surface area (Å²) in [6.45, 7) is 0.632. The Hall–Kier alpha value is -1.71. The van der Waals surface area contributed by atoms with Gasteiger partial charge >= 0.3 is 0 Å². The molecule has 4 nitrogen and oxygen atoms in total. The molecule has 0 atom stereocenters. The van der Waals surface area contributed by atoms with Crippen molar-refractivity contribution in [2.75, 3.05) is 19.0 Å². The van der Waals surface area contributed by atoms with Crippen molar-refractivity contribution in [1.29, 1.82) is 0 Å². The van der Waals surface area contributed by atoms with Gasteiger partial charge in [0, 0.05) is 25.8 Å². The minimum atomic E-state index is 0.504. The van der Waals surface area contributed by atoms with Gasteiger partial charge in [-0.3, -0.25) is 0 Å². The van der Waals surface area contributed by atoms with E-state index in [1.807, 2.05) is 14.1 Å². The van der Waals surface area contributed by atoms with Gasteiger partial charge in [-0.15, -0.1) is 0 Å². The van der Waals surface area contributed by atoms with Crippen molar-refractivity contribution >= 4 is 11.6 Å². The molecule has 0 unspecified atom stereocenters. The van der Waals surface area contributed by atoms with Crippen molar-refractivity contribution in [3.8, 4) is 0 Å². The molecule has 1 fully saturated rings. The van der Waals surface area contributed by atoms with Gasteiger partial charge in [0.15, 0.2) is 5.96 Å². The van der Waals surface area contributed by atoms with Crippen molar-refractivity contribution in [1.82, 2.24) is 5.32 Å². The highest BCUT2D eigenvalue weighted by atomic mass is 15.1.